The smallest absolute Gasteiger partial charge is 0.263 e. The van der Waals surface area contributed by atoms with Gasteiger partial charge in [-0.15, -0.1) is 0 Å². The third kappa shape index (κ3) is 1.36. The first-order valence-electron chi connectivity index (χ1n) is 2.64. The molecule has 1 N–H and O–H groups in total. The number of hydrazine groups is 1. The largest absolute Gasteiger partial charge is 0.282 e. The number of nitrogens with zero attached hydrogens (tertiary/aromatic N) is 2. The molecule has 0 aromatic carbocycles. The molecule has 0 amide bonds. The van der Waals surface area contributed by atoms with E-state index in [0.717, 1.165) is 0 Å². The van der Waals surface area contributed by atoms with Gasteiger partial charge in [-0.2, -0.15) is 5.43 Å². The molecule has 1 aliphatic rings. The highest BCUT2D eigenvalue weighted by atomic mass is 16.6. The predicted molar refractivity (Wildman–Crippen MR) is 30.8 cm³/mol. The Morgan fingerprint density at radius 3 is 2.89 bits per heavy atom. The molecular formula is C4H8N3O2. The maximum absolute atomic E-state index is 10.0. The van der Waals surface area contributed by atoms with Gasteiger partial charge in [-0.25, -0.2) is 5.01 Å². The normalized spacial score (nSPS) is 28.8. The van der Waals surface area contributed by atoms with Crippen LogP contribution in [0.1, 0.15) is 0 Å². The van der Waals surface area contributed by atoms with Crippen LogP contribution in [0.15, 0.2) is 0 Å². The minimum absolute atomic E-state index is 0.358. The fourth-order valence-corrected chi connectivity index (χ4v) is 0.722. The molecule has 5 heteroatoms. The van der Waals surface area contributed by atoms with Crippen LogP contribution < -0.4 is 5.43 Å². The van der Waals surface area contributed by atoms with Gasteiger partial charge in [0, 0.05) is 18.5 Å². The Balaban J connectivity index is 2.39. The lowest BCUT2D eigenvalue weighted by Gasteiger charge is -2.05. The minimum Gasteiger partial charge on any atom is -0.263 e. The molecule has 0 spiro atoms. The molecule has 5 nitrogen and oxygen atoms in total. The zero-order valence-corrected chi connectivity index (χ0v) is 5.07. The van der Waals surface area contributed by atoms with Gasteiger partial charge in [0.1, 0.15) is 0 Å². The van der Waals surface area contributed by atoms with Gasteiger partial charge in [0.25, 0.3) is 6.17 Å². The van der Waals surface area contributed by atoms with Gasteiger partial charge in [0.05, 0.1) is 6.42 Å². The Hall–Kier alpha value is -0.680. The van der Waals surface area contributed by atoms with Gasteiger partial charge in [-0.1, -0.05) is 0 Å². The second-order valence-electron chi connectivity index (χ2n) is 1.98. The lowest BCUT2D eigenvalue weighted by atomic mass is 10.4. The van der Waals surface area contributed by atoms with E-state index in [-0.39, 0.29) is 4.92 Å². The third-order valence-electron chi connectivity index (χ3n) is 1.18. The number of hydrogen-bond donors (Lipinski definition) is 1. The Bertz CT molecular complexity index is 127. The number of nitrogens with one attached hydrogen (secondary N) is 1. The minimum atomic E-state index is -0.685. The van der Waals surface area contributed by atoms with Gasteiger partial charge in [0.15, 0.2) is 0 Å². The van der Waals surface area contributed by atoms with E-state index >= 15 is 0 Å². The molecule has 0 aliphatic carbocycles. The standard InChI is InChI=1S/C4H8N3O2/c1-6-3-2-4(5-6)7(8)9/h2,4-5H,3H2,1H3. The molecule has 1 atom stereocenters. The number of nitro groups is 1. The highest BCUT2D eigenvalue weighted by Gasteiger charge is 2.27. The third-order valence-corrected chi connectivity index (χ3v) is 1.18. The number of rotatable bonds is 1. The molecule has 1 saturated heterocycles. The van der Waals surface area contributed by atoms with Crippen LogP contribution in [0.3, 0.4) is 0 Å². The van der Waals surface area contributed by atoms with Crippen molar-refractivity contribution in [1.82, 2.24) is 10.4 Å². The lowest BCUT2D eigenvalue weighted by Crippen LogP contribution is -2.36. The van der Waals surface area contributed by atoms with Crippen LogP contribution in [-0.2, 0) is 0 Å². The monoisotopic (exact) mass is 130 g/mol. The van der Waals surface area contributed by atoms with Crippen molar-refractivity contribution in [3.05, 3.63) is 16.5 Å². The van der Waals surface area contributed by atoms with Crippen molar-refractivity contribution in [1.29, 1.82) is 0 Å². The average molecular weight is 130 g/mol. The molecule has 0 bridgehead atoms. The Morgan fingerprint density at radius 2 is 2.67 bits per heavy atom. The van der Waals surface area contributed by atoms with Crippen molar-refractivity contribution in [3.8, 4) is 0 Å². The molecule has 0 aromatic heterocycles. The fourth-order valence-electron chi connectivity index (χ4n) is 0.722. The highest BCUT2D eigenvalue weighted by molar-refractivity contribution is 4.81. The summed E-state index contributed by atoms with van der Waals surface area (Å²) in [6.45, 7) is 0.631. The molecule has 1 unspecified atom stereocenters. The van der Waals surface area contributed by atoms with Gasteiger partial charge in [-0.05, 0) is 0 Å². The van der Waals surface area contributed by atoms with Crippen LogP contribution in [0, 0.1) is 16.5 Å². The second-order valence-corrected chi connectivity index (χ2v) is 1.98. The summed E-state index contributed by atoms with van der Waals surface area (Å²) in [5.41, 5.74) is 2.63. The van der Waals surface area contributed by atoms with E-state index in [1.54, 1.807) is 18.5 Å². The zero-order valence-electron chi connectivity index (χ0n) is 5.07. The van der Waals surface area contributed by atoms with Crippen LogP contribution in [0.5, 0.6) is 0 Å². The first kappa shape index (κ1) is 6.44. The van der Waals surface area contributed by atoms with Crippen molar-refractivity contribution in [2.24, 2.45) is 0 Å². The average Bonchev–Trinajstić information content (AvgIpc) is 2.14. The summed E-state index contributed by atoms with van der Waals surface area (Å²) in [7, 11) is 1.76. The molecule has 0 saturated carbocycles. The topological polar surface area (TPSA) is 58.4 Å². The summed E-state index contributed by atoms with van der Waals surface area (Å²) in [4.78, 5) is 9.67. The fraction of sp³-hybridized carbons (Fsp3) is 0.750. The predicted octanol–water partition coefficient (Wildman–Crippen LogP) is -0.757. The Kier molecular flexibility index (Phi) is 1.63. The Morgan fingerprint density at radius 1 is 2.00 bits per heavy atom. The lowest BCUT2D eigenvalue weighted by molar-refractivity contribution is -0.520. The molecule has 9 heavy (non-hydrogen) atoms. The van der Waals surface area contributed by atoms with Gasteiger partial charge < -0.3 is 0 Å². The van der Waals surface area contributed by atoms with Gasteiger partial charge >= 0.3 is 0 Å². The van der Waals surface area contributed by atoms with E-state index in [2.05, 4.69) is 5.43 Å². The van der Waals surface area contributed by atoms with E-state index in [4.69, 9.17) is 0 Å². The maximum Gasteiger partial charge on any atom is 0.282 e. The first-order valence-corrected chi connectivity index (χ1v) is 2.64. The second kappa shape index (κ2) is 2.28. The maximum atomic E-state index is 10.0. The summed E-state index contributed by atoms with van der Waals surface area (Å²) >= 11 is 0. The van der Waals surface area contributed by atoms with Crippen LogP contribution in [-0.4, -0.2) is 29.7 Å². The molecule has 1 radical (unpaired) electrons. The SMILES string of the molecule is CN1C[CH]C([N+](=O)[O-])N1. The Labute approximate surface area is 52.8 Å². The summed E-state index contributed by atoms with van der Waals surface area (Å²) in [6, 6.07) is 0. The zero-order chi connectivity index (χ0) is 6.85. The van der Waals surface area contributed by atoms with E-state index in [1.807, 2.05) is 0 Å². The molecule has 1 fully saturated rings. The van der Waals surface area contributed by atoms with E-state index in [0.29, 0.717) is 6.54 Å². The quantitative estimate of drug-likeness (QED) is 0.374. The summed E-state index contributed by atoms with van der Waals surface area (Å²) in [5, 5.41) is 11.7. The molecule has 1 heterocycles. The highest BCUT2D eigenvalue weighted by Crippen LogP contribution is 2.00. The van der Waals surface area contributed by atoms with E-state index < -0.39 is 6.17 Å². The molecule has 0 aromatic rings. The van der Waals surface area contributed by atoms with Crippen LogP contribution >= 0.6 is 0 Å². The summed E-state index contributed by atoms with van der Waals surface area (Å²) in [5.74, 6) is 0. The van der Waals surface area contributed by atoms with Gasteiger partial charge in [-0.3, -0.25) is 10.1 Å². The molecule has 51 valence electrons. The van der Waals surface area contributed by atoms with Crippen LogP contribution in [0.25, 0.3) is 0 Å². The molecular weight excluding hydrogens is 122 g/mol. The van der Waals surface area contributed by atoms with Crippen LogP contribution in [0.2, 0.25) is 0 Å². The van der Waals surface area contributed by atoms with Crippen molar-refractivity contribution in [3.63, 3.8) is 0 Å². The van der Waals surface area contributed by atoms with E-state index in [1.165, 1.54) is 0 Å². The van der Waals surface area contributed by atoms with Crippen LogP contribution in [0.4, 0.5) is 0 Å². The number of hydrogen-bond acceptors (Lipinski definition) is 4. The summed E-state index contributed by atoms with van der Waals surface area (Å²) < 4.78 is 0. The van der Waals surface area contributed by atoms with Crippen molar-refractivity contribution < 1.29 is 4.92 Å². The van der Waals surface area contributed by atoms with Crippen molar-refractivity contribution >= 4 is 0 Å². The van der Waals surface area contributed by atoms with Crippen molar-refractivity contribution in [2.75, 3.05) is 13.6 Å². The van der Waals surface area contributed by atoms with Gasteiger partial charge in [0.2, 0.25) is 0 Å². The van der Waals surface area contributed by atoms with Crippen molar-refractivity contribution in [2.45, 2.75) is 6.17 Å². The van der Waals surface area contributed by atoms with E-state index in [9.17, 15) is 10.1 Å². The molecule has 1 rings (SSSR count). The first-order chi connectivity index (χ1) is 4.20. The summed E-state index contributed by atoms with van der Waals surface area (Å²) in [6.07, 6.45) is 0.926. The molecule has 1 aliphatic heterocycles.